The van der Waals surface area contributed by atoms with E-state index in [2.05, 4.69) is 24.3 Å². The van der Waals surface area contributed by atoms with Gasteiger partial charge >= 0.3 is 56.4 Å². The molecule has 1 rings (SSSR count). The third-order valence-electron chi connectivity index (χ3n) is 0.774. The number of hydrogen-bond acceptors (Lipinski definition) is 0. The quantitative estimate of drug-likeness (QED) is 0.583. The first-order valence-corrected chi connectivity index (χ1v) is 3.59. The molecule has 0 atom stereocenters. The summed E-state index contributed by atoms with van der Waals surface area (Å²) in [5.41, 5.74) is 0. The molecule has 0 unspecified atom stereocenters. The Balaban J connectivity index is 0.000000490. The molecule has 1 aromatic rings. The Morgan fingerprint density at radius 1 is 1.00 bits per heavy atom. The summed E-state index contributed by atoms with van der Waals surface area (Å²) in [5.74, 6) is 0. The van der Waals surface area contributed by atoms with E-state index in [0.29, 0.717) is 0 Å². The number of halogens is 1. The van der Waals surface area contributed by atoms with Gasteiger partial charge in [-0.15, -0.1) is 12.4 Å². The van der Waals surface area contributed by atoms with Gasteiger partial charge in [0.25, 0.3) is 0 Å². The van der Waals surface area contributed by atoms with E-state index >= 15 is 0 Å². The predicted molar refractivity (Wildman–Crippen MR) is 39.1 cm³/mol. The molecule has 0 aliphatic carbocycles. The molecular formula is C6H6ClSn. The van der Waals surface area contributed by atoms with Crippen LogP contribution in [-0.4, -0.2) is 22.5 Å². The fraction of sp³-hybridized carbons (Fsp3) is 0. The van der Waals surface area contributed by atoms with E-state index in [0.717, 1.165) is 0 Å². The van der Waals surface area contributed by atoms with Gasteiger partial charge in [-0.05, 0) is 0 Å². The zero-order chi connectivity index (χ0) is 5.11. The van der Waals surface area contributed by atoms with Crippen molar-refractivity contribution in [2.24, 2.45) is 0 Å². The molecular weight excluding hydrogens is 226 g/mol. The van der Waals surface area contributed by atoms with Crippen molar-refractivity contribution in [3.05, 3.63) is 30.3 Å². The molecule has 3 radical (unpaired) electrons. The van der Waals surface area contributed by atoms with Gasteiger partial charge in [0.2, 0.25) is 0 Å². The number of hydrogen-bond donors (Lipinski definition) is 0. The van der Waals surface area contributed by atoms with Crippen molar-refractivity contribution in [3.63, 3.8) is 0 Å². The summed E-state index contributed by atoms with van der Waals surface area (Å²) >= 11 is 1.49. The van der Waals surface area contributed by atoms with Gasteiger partial charge < -0.3 is 0 Å². The van der Waals surface area contributed by atoms with Gasteiger partial charge in [-0.1, -0.05) is 0 Å². The van der Waals surface area contributed by atoms with E-state index in [1.165, 1.54) is 26.1 Å². The zero-order valence-electron chi connectivity index (χ0n) is 4.29. The fourth-order valence-corrected chi connectivity index (χ4v) is 0.987. The SMILES string of the molecule is Cl.[Sn][c]1ccccc1. The monoisotopic (exact) mass is 233 g/mol. The van der Waals surface area contributed by atoms with E-state index in [1.807, 2.05) is 6.07 Å². The maximum absolute atomic E-state index is 2.12. The normalized spacial score (nSPS) is 7.62. The van der Waals surface area contributed by atoms with Crippen LogP contribution in [-0.2, 0) is 0 Å². The fourth-order valence-electron chi connectivity index (χ4n) is 0.438. The van der Waals surface area contributed by atoms with Crippen LogP contribution >= 0.6 is 12.4 Å². The Bertz CT molecular complexity index is 138. The van der Waals surface area contributed by atoms with Crippen molar-refractivity contribution in [2.75, 3.05) is 0 Å². The topological polar surface area (TPSA) is 0 Å². The summed E-state index contributed by atoms with van der Waals surface area (Å²) in [7, 11) is 0. The molecule has 0 heterocycles. The Labute approximate surface area is 68.8 Å². The predicted octanol–water partition coefficient (Wildman–Crippen LogP) is 0.902. The first-order chi connectivity index (χ1) is 3.39. The van der Waals surface area contributed by atoms with Crippen molar-refractivity contribution in [1.29, 1.82) is 0 Å². The zero-order valence-corrected chi connectivity index (χ0v) is 7.97. The molecule has 0 saturated carbocycles. The molecule has 0 nitrogen and oxygen atoms in total. The molecule has 0 saturated heterocycles. The average molecular weight is 232 g/mol. The first-order valence-electron chi connectivity index (χ1n) is 2.16. The summed E-state index contributed by atoms with van der Waals surface area (Å²) < 4.78 is 1.41. The Hall–Kier alpha value is 0.309. The van der Waals surface area contributed by atoms with Crippen LogP contribution in [0.4, 0.5) is 0 Å². The molecule has 0 bridgehead atoms. The van der Waals surface area contributed by atoms with Crippen molar-refractivity contribution in [2.45, 2.75) is 0 Å². The van der Waals surface area contributed by atoms with E-state index in [9.17, 15) is 0 Å². The van der Waals surface area contributed by atoms with Gasteiger partial charge in [0.15, 0.2) is 0 Å². The first kappa shape index (κ1) is 8.31. The van der Waals surface area contributed by atoms with Gasteiger partial charge in [0, 0.05) is 0 Å². The molecule has 2 heteroatoms. The molecule has 0 fully saturated rings. The summed E-state index contributed by atoms with van der Waals surface area (Å²) in [5, 5.41) is 0. The Morgan fingerprint density at radius 3 is 1.75 bits per heavy atom. The van der Waals surface area contributed by atoms with Crippen LogP contribution in [0.1, 0.15) is 0 Å². The van der Waals surface area contributed by atoms with E-state index in [-0.39, 0.29) is 12.4 Å². The maximum atomic E-state index is 2.12. The second-order valence-electron chi connectivity index (χ2n) is 1.37. The standard InChI is InChI=1S/C6H5.ClH.Sn/c1-2-4-6-5-3-1;;/h1-5H;1H;. The average Bonchev–Trinajstić information content (AvgIpc) is 1.69. The van der Waals surface area contributed by atoms with Crippen molar-refractivity contribution < 1.29 is 0 Å². The minimum atomic E-state index is 0. The molecule has 0 aromatic heterocycles. The molecule has 0 spiro atoms. The second-order valence-corrected chi connectivity index (χ2v) is 3.01. The van der Waals surface area contributed by atoms with Crippen molar-refractivity contribution in [3.8, 4) is 0 Å². The van der Waals surface area contributed by atoms with Gasteiger partial charge in [-0.3, -0.25) is 0 Å². The molecule has 8 heavy (non-hydrogen) atoms. The Kier molecular flexibility index (Phi) is 4.38. The van der Waals surface area contributed by atoms with Gasteiger partial charge in [-0.2, -0.15) is 0 Å². The summed E-state index contributed by atoms with van der Waals surface area (Å²) in [6, 6.07) is 10.4. The van der Waals surface area contributed by atoms with Crippen LogP contribution in [0.25, 0.3) is 0 Å². The molecule has 41 valence electrons. The van der Waals surface area contributed by atoms with Crippen LogP contribution in [0.15, 0.2) is 30.3 Å². The summed E-state index contributed by atoms with van der Waals surface area (Å²) in [6.45, 7) is 0. The van der Waals surface area contributed by atoms with Crippen LogP contribution in [0.2, 0.25) is 0 Å². The van der Waals surface area contributed by atoms with Crippen molar-refractivity contribution >= 4 is 38.5 Å². The van der Waals surface area contributed by atoms with Gasteiger partial charge in [-0.25, -0.2) is 0 Å². The van der Waals surface area contributed by atoms with Crippen LogP contribution in [0, 0.1) is 0 Å². The van der Waals surface area contributed by atoms with E-state index < -0.39 is 0 Å². The van der Waals surface area contributed by atoms with Crippen LogP contribution in [0.3, 0.4) is 0 Å². The van der Waals surface area contributed by atoms with Gasteiger partial charge in [0.1, 0.15) is 0 Å². The van der Waals surface area contributed by atoms with Crippen molar-refractivity contribution in [1.82, 2.24) is 0 Å². The van der Waals surface area contributed by atoms with E-state index in [4.69, 9.17) is 0 Å². The summed E-state index contributed by atoms with van der Waals surface area (Å²) in [6.07, 6.45) is 0. The third-order valence-corrected chi connectivity index (χ3v) is 1.73. The number of rotatable bonds is 0. The van der Waals surface area contributed by atoms with Crippen LogP contribution in [0.5, 0.6) is 0 Å². The molecule has 0 aliphatic rings. The minimum absolute atomic E-state index is 0. The Morgan fingerprint density at radius 2 is 1.50 bits per heavy atom. The van der Waals surface area contributed by atoms with E-state index in [1.54, 1.807) is 0 Å². The molecule has 0 amide bonds. The second kappa shape index (κ2) is 4.21. The van der Waals surface area contributed by atoms with Crippen LogP contribution < -0.4 is 3.58 Å². The number of benzene rings is 1. The molecule has 1 aromatic carbocycles. The third kappa shape index (κ3) is 2.58. The molecule has 0 N–H and O–H groups in total. The summed E-state index contributed by atoms with van der Waals surface area (Å²) in [4.78, 5) is 0. The van der Waals surface area contributed by atoms with Gasteiger partial charge in [0.05, 0.1) is 0 Å². The molecule has 0 aliphatic heterocycles.